The maximum Gasteiger partial charge on any atom is 0.393 e. The van der Waals surface area contributed by atoms with Crippen LogP contribution in [0.4, 0.5) is 13.2 Å². The molecule has 0 amide bonds. The quantitative estimate of drug-likeness (QED) is 0.782. The van der Waals surface area contributed by atoms with Crippen LogP contribution in [0.2, 0.25) is 0 Å². The fourth-order valence-corrected chi connectivity index (χ4v) is 2.13. The van der Waals surface area contributed by atoms with Crippen LogP contribution < -0.4 is 5.73 Å². The van der Waals surface area contributed by atoms with Gasteiger partial charge in [0, 0.05) is 38.7 Å². The minimum Gasteiger partial charge on any atom is -0.381 e. The lowest BCUT2D eigenvalue weighted by Crippen LogP contribution is -2.32. The largest absolute Gasteiger partial charge is 0.393 e. The van der Waals surface area contributed by atoms with Crippen LogP contribution in [0.15, 0.2) is 0 Å². The Morgan fingerprint density at radius 1 is 1.38 bits per heavy atom. The lowest BCUT2D eigenvalue weighted by atomic mass is 9.96. The Bertz CT molecular complexity index is 211. The van der Waals surface area contributed by atoms with Crippen LogP contribution in [-0.2, 0) is 4.74 Å². The van der Waals surface area contributed by atoms with E-state index in [4.69, 9.17) is 10.5 Å². The highest BCUT2D eigenvalue weighted by Crippen LogP contribution is 2.37. The molecule has 0 radical (unpaired) electrons. The molecule has 2 N–H and O–H groups in total. The van der Waals surface area contributed by atoms with Gasteiger partial charge in [0.1, 0.15) is 0 Å². The Morgan fingerprint density at radius 2 is 2.06 bits per heavy atom. The van der Waals surface area contributed by atoms with Crippen molar-refractivity contribution in [2.75, 3.05) is 39.4 Å². The van der Waals surface area contributed by atoms with E-state index in [1.165, 1.54) is 0 Å². The second-order valence-corrected chi connectivity index (χ2v) is 4.12. The Labute approximate surface area is 93.7 Å². The van der Waals surface area contributed by atoms with Gasteiger partial charge in [0.05, 0.1) is 12.5 Å². The second kappa shape index (κ2) is 5.84. The third kappa shape index (κ3) is 3.61. The molecule has 0 aromatic carbocycles. The van der Waals surface area contributed by atoms with E-state index in [-0.39, 0.29) is 13.2 Å². The number of hydrogen-bond acceptors (Lipinski definition) is 3. The topological polar surface area (TPSA) is 38.5 Å². The predicted octanol–water partition coefficient (Wildman–Crippen LogP) is 1.09. The molecule has 0 aromatic rings. The van der Waals surface area contributed by atoms with Crippen molar-refractivity contribution >= 4 is 0 Å². The van der Waals surface area contributed by atoms with Crippen LogP contribution in [0.1, 0.15) is 6.92 Å². The maximum atomic E-state index is 12.7. The van der Waals surface area contributed by atoms with Crippen LogP contribution in [0, 0.1) is 11.8 Å². The molecular weight excluding hydrogens is 221 g/mol. The average Bonchev–Trinajstić information content (AvgIpc) is 2.58. The molecule has 1 aliphatic heterocycles. The van der Waals surface area contributed by atoms with Crippen LogP contribution in [0.5, 0.6) is 0 Å². The molecule has 3 nitrogen and oxygen atoms in total. The molecule has 1 rings (SSSR count). The zero-order valence-corrected chi connectivity index (χ0v) is 9.46. The number of hydrogen-bond donors (Lipinski definition) is 1. The summed E-state index contributed by atoms with van der Waals surface area (Å²) in [5.41, 5.74) is 5.35. The molecule has 1 aliphatic rings. The van der Waals surface area contributed by atoms with Crippen molar-refractivity contribution in [2.24, 2.45) is 17.6 Å². The highest BCUT2D eigenvalue weighted by Gasteiger charge is 2.49. The smallest absolute Gasteiger partial charge is 0.381 e. The van der Waals surface area contributed by atoms with Crippen LogP contribution in [0.25, 0.3) is 0 Å². The van der Waals surface area contributed by atoms with Crippen molar-refractivity contribution in [2.45, 2.75) is 13.1 Å². The molecule has 2 atom stereocenters. The van der Waals surface area contributed by atoms with E-state index >= 15 is 0 Å². The minimum absolute atomic E-state index is 0.0540. The van der Waals surface area contributed by atoms with Crippen LogP contribution >= 0.6 is 0 Å². The molecule has 1 saturated heterocycles. The Balaban J connectivity index is 2.56. The molecule has 0 aromatic heterocycles. The Morgan fingerprint density at radius 3 is 2.56 bits per heavy atom. The van der Waals surface area contributed by atoms with Crippen molar-refractivity contribution in [1.82, 2.24) is 4.90 Å². The Hall–Kier alpha value is -0.330. The molecule has 0 spiro atoms. The predicted molar refractivity (Wildman–Crippen MR) is 55.0 cm³/mol. The first-order chi connectivity index (χ1) is 7.49. The van der Waals surface area contributed by atoms with Gasteiger partial charge in [0.15, 0.2) is 0 Å². The minimum atomic E-state index is -4.13. The fourth-order valence-electron chi connectivity index (χ4n) is 2.13. The maximum absolute atomic E-state index is 12.7. The summed E-state index contributed by atoms with van der Waals surface area (Å²) >= 11 is 0. The van der Waals surface area contributed by atoms with E-state index in [0.29, 0.717) is 26.2 Å². The van der Waals surface area contributed by atoms with Gasteiger partial charge in [0.2, 0.25) is 0 Å². The first-order valence-electron chi connectivity index (χ1n) is 5.56. The molecule has 1 fully saturated rings. The summed E-state index contributed by atoms with van der Waals surface area (Å²) in [7, 11) is 0. The highest BCUT2D eigenvalue weighted by atomic mass is 19.4. The molecule has 6 heteroatoms. The van der Waals surface area contributed by atoms with Crippen LogP contribution in [0.3, 0.4) is 0 Å². The molecule has 0 bridgehead atoms. The zero-order chi connectivity index (χ0) is 12.2. The van der Waals surface area contributed by atoms with Gasteiger partial charge >= 0.3 is 6.18 Å². The number of nitrogens with two attached hydrogens (primary N) is 1. The lowest BCUT2D eigenvalue weighted by Gasteiger charge is -2.20. The number of likely N-dealkylation sites (tertiary alicyclic amines) is 1. The SMILES string of the molecule is CCOC[C@H]1CN(CCN)C[C@@H]1C(F)(F)F. The molecule has 1 heterocycles. The molecule has 0 aliphatic carbocycles. The molecule has 96 valence electrons. The van der Waals surface area contributed by atoms with Crippen molar-refractivity contribution in [1.29, 1.82) is 0 Å². The highest BCUT2D eigenvalue weighted by molar-refractivity contribution is 4.88. The third-order valence-electron chi connectivity index (χ3n) is 2.92. The van der Waals surface area contributed by atoms with Gasteiger partial charge < -0.3 is 15.4 Å². The summed E-state index contributed by atoms with van der Waals surface area (Å²) in [6, 6.07) is 0. The van der Waals surface area contributed by atoms with E-state index in [1.54, 1.807) is 11.8 Å². The second-order valence-electron chi connectivity index (χ2n) is 4.12. The summed E-state index contributed by atoms with van der Waals surface area (Å²) in [4.78, 5) is 1.77. The summed E-state index contributed by atoms with van der Waals surface area (Å²) in [6.07, 6.45) is -4.13. The normalized spacial score (nSPS) is 27.6. The number of alkyl halides is 3. The summed E-state index contributed by atoms with van der Waals surface area (Å²) < 4.78 is 43.3. The molecule has 0 saturated carbocycles. The lowest BCUT2D eigenvalue weighted by molar-refractivity contribution is -0.184. The fraction of sp³-hybridized carbons (Fsp3) is 1.00. The van der Waals surface area contributed by atoms with Crippen molar-refractivity contribution in [3.05, 3.63) is 0 Å². The molecular formula is C10H19F3N2O. The van der Waals surface area contributed by atoms with Crippen molar-refractivity contribution < 1.29 is 17.9 Å². The summed E-state index contributed by atoms with van der Waals surface area (Å²) in [5.74, 6) is -1.72. The van der Waals surface area contributed by atoms with Crippen molar-refractivity contribution in [3.8, 4) is 0 Å². The van der Waals surface area contributed by atoms with E-state index in [2.05, 4.69) is 0 Å². The van der Waals surface area contributed by atoms with Gasteiger partial charge in [-0.25, -0.2) is 0 Å². The van der Waals surface area contributed by atoms with Gasteiger partial charge in [-0.15, -0.1) is 0 Å². The molecule has 16 heavy (non-hydrogen) atoms. The van der Waals surface area contributed by atoms with E-state index < -0.39 is 18.0 Å². The van der Waals surface area contributed by atoms with Gasteiger partial charge in [0.25, 0.3) is 0 Å². The van der Waals surface area contributed by atoms with E-state index in [9.17, 15) is 13.2 Å². The van der Waals surface area contributed by atoms with E-state index in [0.717, 1.165) is 0 Å². The standard InChI is InChI=1S/C10H19F3N2O/c1-2-16-7-8-5-15(4-3-14)6-9(8)10(11,12)13/h8-9H,2-7,14H2,1H3/t8-,9+/m1/s1. The van der Waals surface area contributed by atoms with Crippen LogP contribution in [-0.4, -0.2) is 50.5 Å². The Kier molecular flexibility index (Phi) is 5.01. The van der Waals surface area contributed by atoms with Gasteiger partial charge in [-0.1, -0.05) is 0 Å². The zero-order valence-electron chi connectivity index (χ0n) is 9.46. The number of rotatable bonds is 5. The average molecular weight is 240 g/mol. The number of nitrogens with zero attached hydrogens (tertiary/aromatic N) is 1. The van der Waals surface area contributed by atoms with Gasteiger partial charge in [-0.2, -0.15) is 13.2 Å². The van der Waals surface area contributed by atoms with Gasteiger partial charge in [-0.3, -0.25) is 0 Å². The number of halogens is 3. The molecule has 0 unspecified atom stereocenters. The van der Waals surface area contributed by atoms with E-state index in [1.807, 2.05) is 0 Å². The monoisotopic (exact) mass is 240 g/mol. The number of ether oxygens (including phenoxy) is 1. The first-order valence-corrected chi connectivity index (χ1v) is 5.56. The third-order valence-corrected chi connectivity index (χ3v) is 2.92. The summed E-state index contributed by atoms with van der Waals surface area (Å²) in [6.45, 7) is 3.83. The van der Waals surface area contributed by atoms with Crippen molar-refractivity contribution in [3.63, 3.8) is 0 Å². The summed E-state index contributed by atoms with van der Waals surface area (Å²) in [5, 5.41) is 0. The first kappa shape index (κ1) is 13.7. The van der Waals surface area contributed by atoms with Gasteiger partial charge in [-0.05, 0) is 6.92 Å².